The van der Waals surface area contributed by atoms with Gasteiger partial charge in [-0.15, -0.1) is 0 Å². The molecule has 0 saturated heterocycles. The Morgan fingerprint density at radius 3 is 2.52 bits per heavy atom. The van der Waals surface area contributed by atoms with Crippen LogP contribution in [0.5, 0.6) is 11.5 Å². The summed E-state index contributed by atoms with van der Waals surface area (Å²) in [7, 11) is 3.15. The maximum absolute atomic E-state index is 12.5. The summed E-state index contributed by atoms with van der Waals surface area (Å²) < 4.78 is 10.4. The molecule has 0 spiro atoms. The van der Waals surface area contributed by atoms with E-state index < -0.39 is 0 Å². The molecule has 0 saturated carbocycles. The third-order valence-electron chi connectivity index (χ3n) is 3.35. The van der Waals surface area contributed by atoms with Crippen molar-refractivity contribution in [2.24, 2.45) is 0 Å². The van der Waals surface area contributed by atoms with Crippen molar-refractivity contribution in [1.82, 2.24) is 0 Å². The first-order valence-electron chi connectivity index (χ1n) is 6.65. The van der Waals surface area contributed by atoms with Crippen LogP contribution in [-0.2, 0) is 6.42 Å². The van der Waals surface area contributed by atoms with E-state index in [1.807, 2.05) is 25.1 Å². The molecule has 0 atom stereocenters. The normalized spacial score (nSPS) is 10.2. The van der Waals surface area contributed by atoms with Gasteiger partial charge in [-0.3, -0.25) is 4.79 Å². The van der Waals surface area contributed by atoms with Crippen molar-refractivity contribution in [3.63, 3.8) is 0 Å². The highest BCUT2D eigenvalue weighted by Crippen LogP contribution is 2.25. The molecule has 0 fully saturated rings. The largest absolute Gasteiger partial charge is 0.497 e. The van der Waals surface area contributed by atoms with E-state index in [1.54, 1.807) is 32.4 Å². The smallest absolute Gasteiger partial charge is 0.169 e. The molecule has 2 aromatic carbocycles. The van der Waals surface area contributed by atoms with Crippen LogP contribution in [0, 0.1) is 6.92 Å². The molecule has 110 valence electrons. The number of carbonyl (C=O) groups excluding carboxylic acids is 1. The summed E-state index contributed by atoms with van der Waals surface area (Å²) in [5.74, 6) is 1.26. The zero-order chi connectivity index (χ0) is 15.4. The Kier molecular flexibility index (Phi) is 4.48. The van der Waals surface area contributed by atoms with E-state index in [2.05, 4.69) is 0 Å². The first-order chi connectivity index (χ1) is 10.0. The average molecular weight is 285 g/mol. The van der Waals surface area contributed by atoms with Gasteiger partial charge in [-0.1, -0.05) is 17.7 Å². The summed E-state index contributed by atoms with van der Waals surface area (Å²) in [6, 6.07) is 10.9. The predicted molar refractivity (Wildman–Crippen MR) is 83.2 cm³/mol. The zero-order valence-electron chi connectivity index (χ0n) is 12.5. The summed E-state index contributed by atoms with van der Waals surface area (Å²) in [6.45, 7) is 1.98. The summed E-state index contributed by atoms with van der Waals surface area (Å²) in [5, 5.41) is 0. The standard InChI is InChI=1S/C17H19NO3/c1-11-4-7-17(21-3)12(8-11)9-16(19)14-10-13(20-2)5-6-15(14)18/h4-8,10H,9,18H2,1-3H3. The number of anilines is 1. The lowest BCUT2D eigenvalue weighted by Crippen LogP contribution is -2.08. The molecular weight excluding hydrogens is 266 g/mol. The molecule has 0 aromatic heterocycles. The van der Waals surface area contributed by atoms with E-state index in [4.69, 9.17) is 15.2 Å². The minimum absolute atomic E-state index is 0.0599. The molecule has 4 heteroatoms. The Balaban J connectivity index is 2.32. The zero-order valence-corrected chi connectivity index (χ0v) is 12.5. The number of methoxy groups -OCH3 is 2. The highest BCUT2D eigenvalue weighted by Gasteiger charge is 2.14. The van der Waals surface area contributed by atoms with Crippen molar-refractivity contribution in [3.05, 3.63) is 53.1 Å². The quantitative estimate of drug-likeness (QED) is 0.677. The van der Waals surface area contributed by atoms with Crippen molar-refractivity contribution in [3.8, 4) is 11.5 Å². The van der Waals surface area contributed by atoms with Crippen molar-refractivity contribution in [2.45, 2.75) is 13.3 Å². The molecule has 0 radical (unpaired) electrons. The van der Waals surface area contributed by atoms with Crippen LogP contribution in [0.4, 0.5) is 5.69 Å². The average Bonchev–Trinajstić information content (AvgIpc) is 2.48. The topological polar surface area (TPSA) is 61.5 Å². The van der Waals surface area contributed by atoms with Gasteiger partial charge in [0.25, 0.3) is 0 Å². The van der Waals surface area contributed by atoms with Gasteiger partial charge in [-0.2, -0.15) is 0 Å². The van der Waals surface area contributed by atoms with Crippen molar-refractivity contribution >= 4 is 11.5 Å². The third-order valence-corrected chi connectivity index (χ3v) is 3.35. The minimum atomic E-state index is -0.0599. The van der Waals surface area contributed by atoms with E-state index in [9.17, 15) is 4.79 Å². The number of aryl methyl sites for hydroxylation is 1. The Hall–Kier alpha value is -2.49. The van der Waals surface area contributed by atoms with Crippen LogP contribution in [-0.4, -0.2) is 20.0 Å². The molecule has 0 aliphatic heterocycles. The van der Waals surface area contributed by atoms with Gasteiger partial charge in [0.05, 0.1) is 14.2 Å². The maximum Gasteiger partial charge on any atom is 0.169 e. The fourth-order valence-corrected chi connectivity index (χ4v) is 2.22. The van der Waals surface area contributed by atoms with Gasteiger partial charge in [0.2, 0.25) is 0 Å². The molecule has 2 rings (SSSR count). The summed E-state index contributed by atoms with van der Waals surface area (Å²) >= 11 is 0. The number of carbonyl (C=O) groups is 1. The number of nitrogens with two attached hydrogens (primary N) is 1. The summed E-state index contributed by atoms with van der Waals surface area (Å²) in [4.78, 5) is 12.5. The van der Waals surface area contributed by atoms with E-state index in [-0.39, 0.29) is 12.2 Å². The van der Waals surface area contributed by atoms with Gasteiger partial charge in [0, 0.05) is 23.2 Å². The SMILES string of the molecule is COc1ccc(N)c(C(=O)Cc2cc(C)ccc2OC)c1. The summed E-state index contributed by atoms with van der Waals surface area (Å²) in [6.07, 6.45) is 0.238. The van der Waals surface area contributed by atoms with Gasteiger partial charge >= 0.3 is 0 Å². The first-order valence-corrected chi connectivity index (χ1v) is 6.65. The second kappa shape index (κ2) is 6.31. The number of rotatable bonds is 5. The Morgan fingerprint density at radius 1 is 1.10 bits per heavy atom. The predicted octanol–water partition coefficient (Wildman–Crippen LogP) is 3.02. The van der Waals surface area contributed by atoms with Gasteiger partial charge in [-0.05, 0) is 31.2 Å². The second-order valence-electron chi connectivity index (χ2n) is 4.87. The molecule has 0 aliphatic carbocycles. The van der Waals surface area contributed by atoms with Crippen LogP contribution in [0.2, 0.25) is 0 Å². The number of nitrogen functional groups attached to an aromatic ring is 1. The van der Waals surface area contributed by atoms with E-state index >= 15 is 0 Å². The molecule has 0 heterocycles. The summed E-state index contributed by atoms with van der Waals surface area (Å²) in [5.41, 5.74) is 8.75. The number of hydrogen-bond acceptors (Lipinski definition) is 4. The lowest BCUT2D eigenvalue weighted by atomic mass is 9.99. The van der Waals surface area contributed by atoms with Gasteiger partial charge in [0.1, 0.15) is 11.5 Å². The molecule has 2 aromatic rings. The molecule has 2 N–H and O–H groups in total. The Bertz CT molecular complexity index is 665. The molecule has 4 nitrogen and oxygen atoms in total. The monoisotopic (exact) mass is 285 g/mol. The Labute approximate surface area is 124 Å². The third kappa shape index (κ3) is 3.34. The fourth-order valence-electron chi connectivity index (χ4n) is 2.22. The molecule has 21 heavy (non-hydrogen) atoms. The van der Waals surface area contributed by atoms with Gasteiger partial charge < -0.3 is 15.2 Å². The van der Waals surface area contributed by atoms with Crippen LogP contribution in [0.15, 0.2) is 36.4 Å². The van der Waals surface area contributed by atoms with E-state index in [1.165, 1.54) is 0 Å². The van der Waals surface area contributed by atoms with E-state index in [0.29, 0.717) is 22.7 Å². The Morgan fingerprint density at radius 2 is 1.86 bits per heavy atom. The van der Waals surface area contributed by atoms with Crippen molar-refractivity contribution < 1.29 is 14.3 Å². The number of ketones is 1. The van der Waals surface area contributed by atoms with Crippen LogP contribution in [0.3, 0.4) is 0 Å². The number of ether oxygens (including phenoxy) is 2. The van der Waals surface area contributed by atoms with Gasteiger partial charge in [-0.25, -0.2) is 0 Å². The van der Waals surface area contributed by atoms with Gasteiger partial charge in [0.15, 0.2) is 5.78 Å². The fraction of sp³-hybridized carbons (Fsp3) is 0.235. The van der Waals surface area contributed by atoms with Crippen LogP contribution in [0.25, 0.3) is 0 Å². The highest BCUT2D eigenvalue weighted by molar-refractivity contribution is 6.02. The van der Waals surface area contributed by atoms with E-state index in [0.717, 1.165) is 11.1 Å². The van der Waals surface area contributed by atoms with Crippen LogP contribution >= 0.6 is 0 Å². The maximum atomic E-state index is 12.5. The first kappa shape index (κ1) is 14.9. The van der Waals surface area contributed by atoms with Crippen LogP contribution in [0.1, 0.15) is 21.5 Å². The molecule has 0 aliphatic rings. The molecule has 0 amide bonds. The van der Waals surface area contributed by atoms with Crippen molar-refractivity contribution in [1.29, 1.82) is 0 Å². The number of Topliss-reactive ketones (excluding diaryl/α,β-unsaturated/α-hetero) is 1. The highest BCUT2D eigenvalue weighted by atomic mass is 16.5. The number of benzene rings is 2. The molecule has 0 bridgehead atoms. The second-order valence-corrected chi connectivity index (χ2v) is 4.87. The van der Waals surface area contributed by atoms with Crippen molar-refractivity contribution in [2.75, 3.05) is 20.0 Å². The lowest BCUT2D eigenvalue weighted by Gasteiger charge is -2.11. The lowest BCUT2D eigenvalue weighted by molar-refractivity contribution is 0.0992. The molecule has 0 unspecified atom stereocenters. The van der Waals surface area contributed by atoms with Crippen LogP contribution < -0.4 is 15.2 Å². The number of hydrogen-bond donors (Lipinski definition) is 1. The minimum Gasteiger partial charge on any atom is -0.497 e. The molecular formula is C17H19NO3.